The molecule has 1 aromatic heterocycles. The van der Waals surface area contributed by atoms with Crippen LogP contribution in [0.3, 0.4) is 0 Å². The minimum Gasteiger partial charge on any atom is -0.486 e. The quantitative estimate of drug-likeness (QED) is 0.283. The van der Waals surface area contributed by atoms with Crippen LogP contribution in [0.2, 0.25) is 0 Å². The van der Waals surface area contributed by atoms with Crippen LogP contribution in [0.15, 0.2) is 66.3 Å². The molecule has 32 heavy (non-hydrogen) atoms. The third-order valence-electron chi connectivity index (χ3n) is 4.38. The Morgan fingerprint density at radius 2 is 1.97 bits per heavy atom. The van der Waals surface area contributed by atoms with Crippen LogP contribution in [0.5, 0.6) is 5.75 Å². The minimum atomic E-state index is -0.429. The highest BCUT2D eigenvalue weighted by Crippen LogP contribution is 2.20. The Kier molecular flexibility index (Phi) is 8.04. The maximum absolute atomic E-state index is 12.4. The van der Waals surface area contributed by atoms with Crippen LogP contribution in [0.25, 0.3) is 0 Å². The molecule has 1 heterocycles. The van der Waals surface area contributed by atoms with E-state index in [1.165, 1.54) is 18.9 Å². The van der Waals surface area contributed by atoms with Gasteiger partial charge in [-0.3, -0.25) is 9.36 Å². The van der Waals surface area contributed by atoms with Crippen LogP contribution in [-0.2, 0) is 22.7 Å². The number of anilines is 1. The van der Waals surface area contributed by atoms with Crippen LogP contribution in [0, 0.1) is 6.92 Å². The zero-order chi connectivity index (χ0) is 22.9. The minimum absolute atomic E-state index is 0.146. The number of aromatic nitrogens is 3. The summed E-state index contributed by atoms with van der Waals surface area (Å²) in [5.41, 5.74) is 2.11. The predicted octanol–water partition coefficient (Wildman–Crippen LogP) is 3.87. The first-order chi connectivity index (χ1) is 15.5. The standard InChI is InChI=1S/C23H24N4O4S/c1-4-12-27-20(14-31-19-7-5-6-16(2)13-19)25-26-23(27)32-15-21(28)24-18-10-8-17(9-11-18)22(29)30-3/h4-11,13H,1,12,14-15H2,2-3H3,(H,24,28). The number of hydrogen-bond donors (Lipinski definition) is 1. The number of rotatable bonds is 10. The van der Waals surface area contributed by atoms with Crippen LogP contribution in [0.4, 0.5) is 5.69 Å². The Morgan fingerprint density at radius 1 is 1.19 bits per heavy atom. The molecule has 3 aromatic rings. The van der Waals surface area contributed by atoms with Crippen molar-refractivity contribution in [3.8, 4) is 5.75 Å². The van der Waals surface area contributed by atoms with Gasteiger partial charge in [0.15, 0.2) is 11.0 Å². The summed E-state index contributed by atoms with van der Waals surface area (Å²) in [7, 11) is 1.32. The first-order valence-electron chi connectivity index (χ1n) is 9.83. The fraction of sp³-hybridized carbons (Fsp3) is 0.217. The molecular formula is C23H24N4O4S. The van der Waals surface area contributed by atoms with Gasteiger partial charge in [0, 0.05) is 12.2 Å². The van der Waals surface area contributed by atoms with Crippen molar-refractivity contribution in [3.05, 3.63) is 78.1 Å². The van der Waals surface area contributed by atoms with Crippen molar-refractivity contribution in [1.82, 2.24) is 14.8 Å². The number of aryl methyl sites for hydroxylation is 1. The average Bonchev–Trinajstić information content (AvgIpc) is 3.18. The lowest BCUT2D eigenvalue weighted by Crippen LogP contribution is -2.15. The van der Waals surface area contributed by atoms with Gasteiger partial charge in [-0.15, -0.1) is 16.8 Å². The summed E-state index contributed by atoms with van der Waals surface area (Å²) >= 11 is 1.27. The van der Waals surface area contributed by atoms with Gasteiger partial charge in [0.2, 0.25) is 5.91 Å². The molecule has 0 saturated heterocycles. The highest BCUT2D eigenvalue weighted by atomic mass is 32.2. The second-order valence-corrected chi connectivity index (χ2v) is 7.75. The monoisotopic (exact) mass is 452 g/mol. The number of allylic oxidation sites excluding steroid dienone is 1. The second-order valence-electron chi connectivity index (χ2n) is 6.81. The molecule has 1 amide bonds. The maximum Gasteiger partial charge on any atom is 0.337 e. The van der Waals surface area contributed by atoms with Gasteiger partial charge < -0.3 is 14.8 Å². The zero-order valence-electron chi connectivity index (χ0n) is 17.9. The fourth-order valence-corrected chi connectivity index (χ4v) is 3.60. The zero-order valence-corrected chi connectivity index (χ0v) is 18.7. The number of hydrogen-bond acceptors (Lipinski definition) is 7. The fourth-order valence-electron chi connectivity index (χ4n) is 2.83. The molecule has 9 heteroatoms. The van der Waals surface area contributed by atoms with Gasteiger partial charge in [-0.2, -0.15) is 0 Å². The number of esters is 1. The van der Waals surface area contributed by atoms with E-state index < -0.39 is 5.97 Å². The largest absolute Gasteiger partial charge is 0.486 e. The van der Waals surface area contributed by atoms with E-state index in [2.05, 4.69) is 26.8 Å². The maximum atomic E-state index is 12.4. The molecule has 0 unspecified atom stereocenters. The first kappa shape index (κ1) is 23.1. The highest BCUT2D eigenvalue weighted by Gasteiger charge is 2.14. The van der Waals surface area contributed by atoms with Crippen molar-refractivity contribution < 1.29 is 19.1 Å². The van der Waals surface area contributed by atoms with Crippen molar-refractivity contribution in [1.29, 1.82) is 0 Å². The summed E-state index contributed by atoms with van der Waals surface area (Å²) in [5, 5.41) is 11.8. The first-order valence-corrected chi connectivity index (χ1v) is 10.8. The molecule has 8 nitrogen and oxygen atoms in total. The Labute approximate surface area is 190 Å². The van der Waals surface area contributed by atoms with Gasteiger partial charge in [-0.25, -0.2) is 4.79 Å². The summed E-state index contributed by atoms with van der Waals surface area (Å²) < 4.78 is 12.4. The normalized spacial score (nSPS) is 10.4. The number of methoxy groups -OCH3 is 1. The van der Waals surface area contributed by atoms with Crippen molar-refractivity contribution >= 4 is 29.3 Å². The van der Waals surface area contributed by atoms with E-state index in [9.17, 15) is 9.59 Å². The molecule has 0 atom stereocenters. The molecule has 166 valence electrons. The number of nitrogens with zero attached hydrogens (tertiary/aromatic N) is 3. The number of nitrogens with one attached hydrogen (secondary N) is 1. The number of ether oxygens (including phenoxy) is 2. The number of amides is 1. The van der Waals surface area contributed by atoms with Gasteiger partial charge in [-0.05, 0) is 48.9 Å². The number of benzene rings is 2. The van der Waals surface area contributed by atoms with E-state index in [4.69, 9.17) is 4.74 Å². The lowest BCUT2D eigenvalue weighted by atomic mass is 10.2. The van der Waals surface area contributed by atoms with E-state index in [1.54, 1.807) is 30.3 Å². The topological polar surface area (TPSA) is 95.3 Å². The molecule has 0 spiro atoms. The summed E-state index contributed by atoms with van der Waals surface area (Å²) in [6, 6.07) is 14.3. The predicted molar refractivity (Wildman–Crippen MR) is 123 cm³/mol. The lowest BCUT2D eigenvalue weighted by molar-refractivity contribution is -0.113. The molecular weight excluding hydrogens is 428 g/mol. The molecule has 2 aromatic carbocycles. The summed E-state index contributed by atoms with van der Waals surface area (Å²) in [5.74, 6) is 0.915. The highest BCUT2D eigenvalue weighted by molar-refractivity contribution is 7.99. The Balaban J connectivity index is 1.58. The molecule has 0 aliphatic carbocycles. The van der Waals surface area contributed by atoms with Crippen molar-refractivity contribution in [2.45, 2.75) is 25.2 Å². The van der Waals surface area contributed by atoms with Crippen molar-refractivity contribution in [3.63, 3.8) is 0 Å². The van der Waals surface area contributed by atoms with Gasteiger partial charge >= 0.3 is 5.97 Å². The molecule has 0 fully saturated rings. The van der Waals surface area contributed by atoms with E-state index >= 15 is 0 Å². The SMILES string of the molecule is C=CCn1c(COc2cccc(C)c2)nnc1SCC(=O)Nc1ccc(C(=O)OC)cc1. The van der Waals surface area contributed by atoms with E-state index in [1.807, 2.05) is 35.8 Å². The van der Waals surface area contributed by atoms with Crippen LogP contribution in [0.1, 0.15) is 21.7 Å². The molecule has 3 rings (SSSR count). The molecule has 0 radical (unpaired) electrons. The van der Waals surface area contributed by atoms with Crippen LogP contribution >= 0.6 is 11.8 Å². The van der Waals surface area contributed by atoms with Crippen LogP contribution < -0.4 is 10.1 Å². The van der Waals surface area contributed by atoms with Crippen LogP contribution in [-0.4, -0.2) is 39.5 Å². The summed E-state index contributed by atoms with van der Waals surface area (Å²) in [6.07, 6.45) is 1.74. The lowest BCUT2D eigenvalue weighted by Gasteiger charge is -2.10. The Bertz CT molecular complexity index is 1100. The smallest absolute Gasteiger partial charge is 0.337 e. The van der Waals surface area contributed by atoms with Crippen molar-refractivity contribution in [2.24, 2.45) is 0 Å². The molecule has 0 saturated carbocycles. The van der Waals surface area contributed by atoms with Gasteiger partial charge in [0.1, 0.15) is 12.4 Å². The van der Waals surface area contributed by atoms with E-state index in [0.717, 1.165) is 11.3 Å². The number of thioether (sulfide) groups is 1. The number of carbonyl (C=O) groups is 2. The van der Waals surface area contributed by atoms with E-state index in [0.29, 0.717) is 28.8 Å². The third kappa shape index (κ3) is 6.21. The molecule has 1 N–H and O–H groups in total. The van der Waals surface area contributed by atoms with Crippen molar-refractivity contribution in [2.75, 3.05) is 18.2 Å². The second kappa shape index (κ2) is 11.1. The molecule has 0 bridgehead atoms. The van der Waals surface area contributed by atoms with Gasteiger partial charge in [0.05, 0.1) is 18.4 Å². The van der Waals surface area contributed by atoms with E-state index in [-0.39, 0.29) is 18.3 Å². The Morgan fingerprint density at radius 3 is 2.66 bits per heavy atom. The summed E-state index contributed by atoms with van der Waals surface area (Å²) in [4.78, 5) is 23.8. The summed E-state index contributed by atoms with van der Waals surface area (Å²) in [6.45, 7) is 6.54. The number of carbonyl (C=O) groups excluding carboxylic acids is 2. The molecule has 0 aliphatic rings. The average molecular weight is 453 g/mol. The molecule has 0 aliphatic heterocycles. The third-order valence-corrected chi connectivity index (χ3v) is 5.35. The van der Waals surface area contributed by atoms with Gasteiger partial charge in [0.25, 0.3) is 0 Å². The Hall–Kier alpha value is -3.59. The van der Waals surface area contributed by atoms with Gasteiger partial charge in [-0.1, -0.05) is 30.0 Å².